The van der Waals surface area contributed by atoms with Gasteiger partial charge >= 0.3 is 0 Å². The smallest absolute Gasteiger partial charge is 0.157 e. The van der Waals surface area contributed by atoms with Crippen molar-refractivity contribution >= 4 is 0 Å². The van der Waals surface area contributed by atoms with E-state index in [0.29, 0.717) is 0 Å². The first kappa shape index (κ1) is 10.9. The van der Waals surface area contributed by atoms with Crippen LogP contribution in [0.1, 0.15) is 32.4 Å². The monoisotopic (exact) mass is 195 g/mol. The van der Waals surface area contributed by atoms with E-state index < -0.39 is 0 Å². The molecule has 3 heteroatoms. The number of aromatic hydroxyl groups is 2. The molecule has 0 amide bonds. The normalized spacial score (nSPS) is 14.0. The molecule has 0 bridgehead atoms. The number of rotatable bonds is 1. The van der Waals surface area contributed by atoms with Gasteiger partial charge in [-0.15, -0.1) is 0 Å². The Hall–Kier alpha value is -1.22. The van der Waals surface area contributed by atoms with E-state index in [2.05, 4.69) is 0 Å². The molecule has 0 aliphatic rings. The fraction of sp³-hybridized carbons (Fsp3) is 0.455. The zero-order valence-corrected chi connectivity index (χ0v) is 8.78. The summed E-state index contributed by atoms with van der Waals surface area (Å²) in [7, 11) is 0. The lowest BCUT2D eigenvalue weighted by atomic mass is 9.83. The summed E-state index contributed by atoms with van der Waals surface area (Å²) in [5, 5.41) is 18.4. The van der Waals surface area contributed by atoms with Crippen LogP contribution in [-0.4, -0.2) is 10.2 Å². The molecule has 78 valence electrons. The van der Waals surface area contributed by atoms with Crippen molar-refractivity contribution in [2.45, 2.75) is 26.8 Å². The average molecular weight is 195 g/mol. The highest BCUT2D eigenvalue weighted by atomic mass is 16.3. The largest absolute Gasteiger partial charge is 0.504 e. The Kier molecular flexibility index (Phi) is 2.71. The third-order valence-electron chi connectivity index (χ3n) is 2.29. The summed E-state index contributed by atoms with van der Waals surface area (Å²) in [6.45, 7) is 6.09. The van der Waals surface area contributed by atoms with Crippen molar-refractivity contribution in [3.05, 3.63) is 23.8 Å². The van der Waals surface area contributed by atoms with Gasteiger partial charge in [-0.05, 0) is 23.1 Å². The Labute approximate surface area is 84.2 Å². The lowest BCUT2D eigenvalue weighted by Gasteiger charge is -2.27. The summed E-state index contributed by atoms with van der Waals surface area (Å²) in [6.07, 6.45) is 0. The van der Waals surface area contributed by atoms with Gasteiger partial charge in [-0.3, -0.25) is 0 Å². The molecule has 0 unspecified atom stereocenters. The molecule has 3 nitrogen and oxygen atoms in total. The topological polar surface area (TPSA) is 66.5 Å². The molecular formula is C11H17NO2. The van der Waals surface area contributed by atoms with E-state index in [-0.39, 0.29) is 23.0 Å². The van der Waals surface area contributed by atoms with Crippen LogP contribution in [0.5, 0.6) is 11.5 Å². The van der Waals surface area contributed by atoms with Crippen molar-refractivity contribution in [2.24, 2.45) is 11.1 Å². The van der Waals surface area contributed by atoms with Gasteiger partial charge in [0.05, 0.1) is 0 Å². The van der Waals surface area contributed by atoms with Crippen LogP contribution in [0.15, 0.2) is 18.2 Å². The number of phenolic OH excluding ortho intramolecular Hbond substituents is 2. The molecule has 1 aromatic carbocycles. The molecule has 0 spiro atoms. The van der Waals surface area contributed by atoms with Crippen molar-refractivity contribution in [2.75, 3.05) is 0 Å². The summed E-state index contributed by atoms with van der Waals surface area (Å²) in [5.41, 5.74) is 6.76. The van der Waals surface area contributed by atoms with Crippen LogP contribution in [-0.2, 0) is 0 Å². The highest BCUT2D eigenvalue weighted by Crippen LogP contribution is 2.34. The zero-order chi connectivity index (χ0) is 10.9. The maximum absolute atomic E-state index is 9.31. The standard InChI is InChI=1S/C11H17NO2/c1-11(2,3)10(12)7-4-5-8(13)9(14)6-7/h4-6,10,13-14H,12H2,1-3H3/t10-/m1/s1. The van der Waals surface area contributed by atoms with Gasteiger partial charge in [-0.2, -0.15) is 0 Å². The van der Waals surface area contributed by atoms with Gasteiger partial charge in [-0.25, -0.2) is 0 Å². The minimum atomic E-state index is -0.158. The van der Waals surface area contributed by atoms with E-state index in [1.54, 1.807) is 6.07 Å². The van der Waals surface area contributed by atoms with Crippen molar-refractivity contribution in [1.82, 2.24) is 0 Å². The molecule has 0 saturated carbocycles. The molecule has 0 aliphatic carbocycles. The fourth-order valence-electron chi connectivity index (χ4n) is 1.23. The molecule has 0 saturated heterocycles. The zero-order valence-electron chi connectivity index (χ0n) is 8.78. The second-order valence-electron chi connectivity index (χ2n) is 4.59. The molecule has 1 rings (SSSR count). The van der Waals surface area contributed by atoms with Crippen LogP contribution in [0.2, 0.25) is 0 Å². The van der Waals surface area contributed by atoms with Crippen LogP contribution in [0.25, 0.3) is 0 Å². The van der Waals surface area contributed by atoms with E-state index in [0.717, 1.165) is 5.56 Å². The SMILES string of the molecule is CC(C)(C)[C@H](N)c1ccc(O)c(O)c1. The molecule has 0 radical (unpaired) electrons. The first-order valence-corrected chi connectivity index (χ1v) is 4.60. The molecule has 14 heavy (non-hydrogen) atoms. The third-order valence-corrected chi connectivity index (χ3v) is 2.29. The van der Waals surface area contributed by atoms with Crippen LogP contribution in [0, 0.1) is 5.41 Å². The first-order valence-electron chi connectivity index (χ1n) is 4.60. The van der Waals surface area contributed by atoms with Gasteiger partial charge in [0.25, 0.3) is 0 Å². The highest BCUT2D eigenvalue weighted by Gasteiger charge is 2.22. The van der Waals surface area contributed by atoms with E-state index in [1.165, 1.54) is 12.1 Å². The summed E-state index contributed by atoms with van der Waals surface area (Å²) in [5.74, 6) is -0.239. The van der Waals surface area contributed by atoms with Gasteiger partial charge in [-0.1, -0.05) is 26.8 Å². The number of hydrogen-bond acceptors (Lipinski definition) is 3. The molecule has 1 atom stereocenters. The van der Waals surface area contributed by atoms with Crippen molar-refractivity contribution < 1.29 is 10.2 Å². The summed E-state index contributed by atoms with van der Waals surface area (Å²) in [6, 6.07) is 4.53. The Balaban J connectivity index is 3.03. The molecule has 0 fully saturated rings. The van der Waals surface area contributed by atoms with Gasteiger partial charge in [0.1, 0.15) is 0 Å². The van der Waals surface area contributed by atoms with Crippen LogP contribution in [0.3, 0.4) is 0 Å². The number of phenols is 2. The Morgan fingerprint density at radius 2 is 1.71 bits per heavy atom. The molecule has 0 heterocycles. The van der Waals surface area contributed by atoms with Gasteiger partial charge < -0.3 is 15.9 Å². The van der Waals surface area contributed by atoms with E-state index in [1.807, 2.05) is 20.8 Å². The molecule has 0 aliphatic heterocycles. The van der Waals surface area contributed by atoms with Gasteiger partial charge in [0.2, 0.25) is 0 Å². The van der Waals surface area contributed by atoms with Crippen LogP contribution < -0.4 is 5.73 Å². The average Bonchev–Trinajstić information content (AvgIpc) is 2.07. The Morgan fingerprint density at radius 1 is 1.14 bits per heavy atom. The maximum Gasteiger partial charge on any atom is 0.157 e. The summed E-state index contributed by atoms with van der Waals surface area (Å²) >= 11 is 0. The number of nitrogens with two attached hydrogens (primary N) is 1. The lowest BCUT2D eigenvalue weighted by molar-refractivity contribution is 0.325. The second-order valence-corrected chi connectivity index (χ2v) is 4.59. The van der Waals surface area contributed by atoms with Crippen molar-refractivity contribution in [1.29, 1.82) is 0 Å². The minimum Gasteiger partial charge on any atom is -0.504 e. The summed E-state index contributed by atoms with van der Waals surface area (Å²) in [4.78, 5) is 0. The quantitative estimate of drug-likeness (QED) is 0.601. The third kappa shape index (κ3) is 2.17. The Morgan fingerprint density at radius 3 is 2.14 bits per heavy atom. The predicted molar refractivity (Wildman–Crippen MR) is 56.2 cm³/mol. The minimum absolute atomic E-state index is 0.0661. The van der Waals surface area contributed by atoms with Gasteiger partial charge in [0.15, 0.2) is 11.5 Å². The molecule has 0 aromatic heterocycles. The second kappa shape index (κ2) is 3.50. The van der Waals surface area contributed by atoms with Crippen LogP contribution in [0.4, 0.5) is 0 Å². The number of benzene rings is 1. The first-order chi connectivity index (χ1) is 6.32. The number of hydrogen-bond donors (Lipinski definition) is 3. The predicted octanol–water partition coefficient (Wildman–Crippen LogP) is 2.14. The maximum atomic E-state index is 9.31. The fourth-order valence-corrected chi connectivity index (χ4v) is 1.23. The molecular weight excluding hydrogens is 178 g/mol. The van der Waals surface area contributed by atoms with E-state index >= 15 is 0 Å². The summed E-state index contributed by atoms with van der Waals surface area (Å²) < 4.78 is 0. The van der Waals surface area contributed by atoms with Gasteiger partial charge in [0, 0.05) is 6.04 Å². The highest BCUT2D eigenvalue weighted by molar-refractivity contribution is 5.41. The lowest BCUT2D eigenvalue weighted by Crippen LogP contribution is -2.26. The molecule has 4 N–H and O–H groups in total. The van der Waals surface area contributed by atoms with E-state index in [9.17, 15) is 5.11 Å². The van der Waals surface area contributed by atoms with E-state index in [4.69, 9.17) is 10.8 Å². The molecule has 1 aromatic rings. The van der Waals surface area contributed by atoms with Crippen molar-refractivity contribution in [3.8, 4) is 11.5 Å². The van der Waals surface area contributed by atoms with Crippen molar-refractivity contribution in [3.63, 3.8) is 0 Å². The Bertz CT molecular complexity index is 329. The van der Waals surface area contributed by atoms with Crippen LogP contribution >= 0.6 is 0 Å².